The van der Waals surface area contributed by atoms with Gasteiger partial charge in [0.25, 0.3) is 0 Å². The molecule has 1 aromatic rings. The van der Waals surface area contributed by atoms with Crippen molar-refractivity contribution in [3.05, 3.63) is 29.6 Å². The van der Waals surface area contributed by atoms with Crippen molar-refractivity contribution in [2.24, 2.45) is 0 Å². The van der Waals surface area contributed by atoms with Crippen LogP contribution in [0.1, 0.15) is 17.3 Å². The third-order valence-corrected chi connectivity index (χ3v) is 3.27. The summed E-state index contributed by atoms with van der Waals surface area (Å²) in [5.74, 6) is -0.176. The van der Waals surface area contributed by atoms with Crippen molar-refractivity contribution in [2.75, 3.05) is 31.2 Å². The van der Waals surface area contributed by atoms with Gasteiger partial charge in [-0.2, -0.15) is 0 Å². The summed E-state index contributed by atoms with van der Waals surface area (Å²) < 4.78 is 18.7. The van der Waals surface area contributed by atoms with Crippen LogP contribution in [0.2, 0.25) is 0 Å². The van der Waals surface area contributed by atoms with E-state index in [0.717, 1.165) is 37.6 Å². The van der Waals surface area contributed by atoms with Crippen molar-refractivity contribution in [1.29, 1.82) is 0 Å². The van der Waals surface area contributed by atoms with Crippen LogP contribution < -0.4 is 4.90 Å². The molecule has 1 atom stereocenters. The molecule has 1 fully saturated rings. The van der Waals surface area contributed by atoms with Crippen molar-refractivity contribution in [1.82, 2.24) is 0 Å². The molecule has 0 amide bonds. The molecule has 1 aromatic carbocycles. The van der Waals surface area contributed by atoms with E-state index >= 15 is 0 Å². The zero-order chi connectivity index (χ0) is 11.5. The number of halogens is 2. The fourth-order valence-electron chi connectivity index (χ4n) is 1.83. The molecule has 2 rings (SSSR count). The van der Waals surface area contributed by atoms with Crippen LogP contribution in [0.4, 0.5) is 10.1 Å². The predicted molar refractivity (Wildman–Crippen MR) is 66.8 cm³/mol. The van der Waals surface area contributed by atoms with Crippen LogP contribution in [0.15, 0.2) is 18.2 Å². The quantitative estimate of drug-likeness (QED) is 0.775. The standard InChI is InChI=1S/C12H15BrFNO/c1-9(13)10-6-11(14)8-12(7-10)15-2-4-16-5-3-15/h6-9H,2-5H2,1H3. The molecular formula is C12H15BrFNO. The second-order valence-corrected chi connectivity index (χ2v) is 5.33. The summed E-state index contributed by atoms with van der Waals surface area (Å²) in [6, 6.07) is 5.20. The van der Waals surface area contributed by atoms with E-state index in [1.165, 1.54) is 0 Å². The highest BCUT2D eigenvalue weighted by Crippen LogP contribution is 2.27. The van der Waals surface area contributed by atoms with E-state index < -0.39 is 0 Å². The summed E-state index contributed by atoms with van der Waals surface area (Å²) in [6.07, 6.45) is 0. The fourth-order valence-corrected chi connectivity index (χ4v) is 2.09. The van der Waals surface area contributed by atoms with Gasteiger partial charge in [-0.25, -0.2) is 4.39 Å². The van der Waals surface area contributed by atoms with E-state index in [2.05, 4.69) is 20.8 Å². The molecule has 1 unspecified atom stereocenters. The van der Waals surface area contributed by atoms with E-state index in [0.29, 0.717) is 0 Å². The van der Waals surface area contributed by atoms with Crippen molar-refractivity contribution >= 4 is 21.6 Å². The lowest BCUT2D eigenvalue weighted by molar-refractivity contribution is 0.122. The molecule has 0 radical (unpaired) electrons. The number of anilines is 1. The Bertz CT molecular complexity index is 364. The van der Waals surface area contributed by atoms with Gasteiger partial charge in [0.1, 0.15) is 5.82 Å². The Hall–Kier alpha value is -0.610. The molecule has 0 aliphatic carbocycles. The van der Waals surface area contributed by atoms with Crippen molar-refractivity contribution in [3.63, 3.8) is 0 Å². The summed E-state index contributed by atoms with van der Waals surface area (Å²) in [5, 5.41) is 0. The van der Waals surface area contributed by atoms with Gasteiger partial charge in [-0.05, 0) is 30.7 Å². The first kappa shape index (κ1) is 11.9. The molecule has 0 spiro atoms. The second-order valence-electron chi connectivity index (χ2n) is 3.96. The Kier molecular flexibility index (Phi) is 3.82. The zero-order valence-corrected chi connectivity index (χ0v) is 10.8. The number of morpholine rings is 1. The molecule has 0 N–H and O–H groups in total. The molecule has 4 heteroatoms. The lowest BCUT2D eigenvalue weighted by atomic mass is 10.1. The van der Waals surface area contributed by atoms with Gasteiger partial charge in [0.05, 0.1) is 13.2 Å². The van der Waals surface area contributed by atoms with Crippen LogP contribution in [0, 0.1) is 5.82 Å². The Morgan fingerprint density at radius 3 is 2.62 bits per heavy atom. The van der Waals surface area contributed by atoms with Gasteiger partial charge in [0, 0.05) is 23.6 Å². The minimum absolute atomic E-state index is 0.169. The second kappa shape index (κ2) is 5.15. The van der Waals surface area contributed by atoms with E-state index in [9.17, 15) is 4.39 Å². The minimum Gasteiger partial charge on any atom is -0.378 e. The maximum absolute atomic E-state index is 13.5. The maximum atomic E-state index is 13.5. The lowest BCUT2D eigenvalue weighted by Crippen LogP contribution is -2.36. The Labute approximate surface area is 104 Å². The fraction of sp³-hybridized carbons (Fsp3) is 0.500. The number of hydrogen-bond donors (Lipinski definition) is 0. The van der Waals surface area contributed by atoms with E-state index in [4.69, 9.17) is 4.74 Å². The monoisotopic (exact) mass is 287 g/mol. The molecule has 1 aliphatic rings. The van der Waals surface area contributed by atoms with Gasteiger partial charge in [0.2, 0.25) is 0 Å². The summed E-state index contributed by atoms with van der Waals surface area (Å²) in [5.41, 5.74) is 1.92. The number of benzene rings is 1. The first-order valence-corrected chi connectivity index (χ1v) is 6.35. The average Bonchev–Trinajstić information content (AvgIpc) is 2.29. The number of rotatable bonds is 2. The van der Waals surface area contributed by atoms with Gasteiger partial charge in [-0.3, -0.25) is 0 Å². The number of ether oxygens (including phenoxy) is 1. The van der Waals surface area contributed by atoms with E-state index in [1.54, 1.807) is 12.1 Å². The summed E-state index contributed by atoms with van der Waals surface area (Å²) in [4.78, 5) is 2.33. The molecule has 0 aromatic heterocycles. The third kappa shape index (κ3) is 2.74. The van der Waals surface area contributed by atoms with Crippen LogP contribution in [0.5, 0.6) is 0 Å². The van der Waals surface area contributed by atoms with Gasteiger partial charge < -0.3 is 9.64 Å². The Morgan fingerprint density at radius 2 is 2.00 bits per heavy atom. The molecule has 0 bridgehead atoms. The Balaban J connectivity index is 2.25. The van der Waals surface area contributed by atoms with Crippen molar-refractivity contribution < 1.29 is 9.13 Å². The molecule has 1 aliphatic heterocycles. The highest BCUT2D eigenvalue weighted by atomic mass is 79.9. The number of alkyl halides is 1. The SMILES string of the molecule is CC(Br)c1cc(F)cc(N2CCOCC2)c1. The van der Waals surface area contributed by atoms with Crippen LogP contribution in [-0.4, -0.2) is 26.3 Å². The highest BCUT2D eigenvalue weighted by molar-refractivity contribution is 9.09. The first-order valence-electron chi connectivity index (χ1n) is 5.44. The average molecular weight is 288 g/mol. The Morgan fingerprint density at radius 1 is 1.31 bits per heavy atom. The number of nitrogens with zero attached hydrogens (tertiary/aromatic N) is 1. The van der Waals surface area contributed by atoms with E-state index in [1.807, 2.05) is 13.0 Å². The van der Waals surface area contributed by atoms with Gasteiger partial charge >= 0.3 is 0 Å². The van der Waals surface area contributed by atoms with Crippen LogP contribution in [-0.2, 0) is 4.74 Å². The summed E-state index contributed by atoms with van der Waals surface area (Å²) >= 11 is 3.46. The third-order valence-electron chi connectivity index (χ3n) is 2.74. The largest absolute Gasteiger partial charge is 0.378 e. The normalized spacial score (nSPS) is 18.6. The molecule has 16 heavy (non-hydrogen) atoms. The van der Waals surface area contributed by atoms with E-state index in [-0.39, 0.29) is 10.6 Å². The molecule has 1 saturated heterocycles. The number of hydrogen-bond acceptors (Lipinski definition) is 2. The molecule has 1 heterocycles. The predicted octanol–water partition coefficient (Wildman–Crippen LogP) is 3.12. The van der Waals surface area contributed by atoms with Gasteiger partial charge in [0.15, 0.2) is 0 Å². The smallest absolute Gasteiger partial charge is 0.125 e. The maximum Gasteiger partial charge on any atom is 0.125 e. The van der Waals surface area contributed by atoms with Crippen LogP contribution in [0.3, 0.4) is 0 Å². The molecule has 2 nitrogen and oxygen atoms in total. The van der Waals surface area contributed by atoms with Crippen LogP contribution in [0.25, 0.3) is 0 Å². The molecule has 0 saturated carbocycles. The minimum atomic E-state index is -0.176. The van der Waals surface area contributed by atoms with Crippen molar-refractivity contribution in [3.8, 4) is 0 Å². The molecule has 88 valence electrons. The van der Waals surface area contributed by atoms with Gasteiger partial charge in [-0.15, -0.1) is 0 Å². The van der Waals surface area contributed by atoms with Crippen LogP contribution >= 0.6 is 15.9 Å². The van der Waals surface area contributed by atoms with Crippen molar-refractivity contribution in [2.45, 2.75) is 11.8 Å². The molecular weight excluding hydrogens is 273 g/mol. The summed E-state index contributed by atoms with van der Waals surface area (Å²) in [6.45, 7) is 5.10. The summed E-state index contributed by atoms with van der Waals surface area (Å²) in [7, 11) is 0. The topological polar surface area (TPSA) is 12.5 Å². The zero-order valence-electron chi connectivity index (χ0n) is 9.25. The van der Waals surface area contributed by atoms with Gasteiger partial charge in [-0.1, -0.05) is 15.9 Å². The highest BCUT2D eigenvalue weighted by Gasteiger charge is 2.13. The first-order chi connectivity index (χ1) is 7.66. The lowest BCUT2D eigenvalue weighted by Gasteiger charge is -2.29.